The molecular formula is C10H3Cl2IO2. The number of fused-ring (bicyclic) bond motifs is 1. The molecule has 1 aromatic carbocycles. The summed E-state index contributed by atoms with van der Waals surface area (Å²) < 4.78 is 0.700. The van der Waals surface area contributed by atoms with Crippen LogP contribution < -0.4 is 0 Å². The Balaban J connectivity index is 2.79. The van der Waals surface area contributed by atoms with Crippen molar-refractivity contribution in [2.24, 2.45) is 0 Å². The van der Waals surface area contributed by atoms with Gasteiger partial charge in [0.25, 0.3) is 0 Å². The SMILES string of the molecule is O=C1C(Cl)=C(Cl)C(=O)c2c(I)cccc21. The van der Waals surface area contributed by atoms with Crippen LogP contribution in [0.15, 0.2) is 28.3 Å². The second-order valence-corrected chi connectivity index (χ2v) is 4.87. The number of benzene rings is 1. The Bertz CT molecular complexity index is 520. The zero-order valence-electron chi connectivity index (χ0n) is 7.18. The molecular weight excluding hydrogens is 350 g/mol. The molecule has 0 amide bonds. The highest BCUT2D eigenvalue weighted by molar-refractivity contribution is 14.1. The fourth-order valence-corrected chi connectivity index (χ4v) is 2.48. The van der Waals surface area contributed by atoms with E-state index in [2.05, 4.69) is 0 Å². The van der Waals surface area contributed by atoms with E-state index >= 15 is 0 Å². The lowest BCUT2D eigenvalue weighted by atomic mass is 9.95. The van der Waals surface area contributed by atoms with E-state index in [0.717, 1.165) is 0 Å². The van der Waals surface area contributed by atoms with Gasteiger partial charge < -0.3 is 0 Å². The van der Waals surface area contributed by atoms with E-state index in [1.807, 2.05) is 22.6 Å². The number of halogens is 3. The minimum atomic E-state index is -0.394. The highest BCUT2D eigenvalue weighted by Crippen LogP contribution is 2.32. The molecule has 0 aliphatic heterocycles. The summed E-state index contributed by atoms with van der Waals surface area (Å²) in [6, 6.07) is 5.02. The lowest BCUT2D eigenvalue weighted by molar-refractivity contribution is 0.0986. The van der Waals surface area contributed by atoms with Gasteiger partial charge in [0.15, 0.2) is 0 Å². The summed E-state index contributed by atoms with van der Waals surface area (Å²) >= 11 is 13.3. The Morgan fingerprint density at radius 2 is 1.60 bits per heavy atom. The highest BCUT2D eigenvalue weighted by atomic mass is 127. The van der Waals surface area contributed by atoms with Gasteiger partial charge in [-0.2, -0.15) is 0 Å². The molecule has 0 bridgehead atoms. The van der Waals surface area contributed by atoms with Gasteiger partial charge in [0.05, 0.1) is 0 Å². The molecule has 0 unspecified atom stereocenters. The van der Waals surface area contributed by atoms with Crippen molar-refractivity contribution >= 4 is 57.4 Å². The normalized spacial score (nSPS) is 15.7. The van der Waals surface area contributed by atoms with Gasteiger partial charge in [-0.25, -0.2) is 0 Å². The third-order valence-electron chi connectivity index (χ3n) is 2.08. The fraction of sp³-hybridized carbons (Fsp3) is 0. The molecule has 0 radical (unpaired) electrons. The van der Waals surface area contributed by atoms with E-state index in [1.54, 1.807) is 18.2 Å². The Hall–Kier alpha value is -0.390. The third kappa shape index (κ3) is 1.62. The summed E-state index contributed by atoms with van der Waals surface area (Å²) in [5, 5.41) is -0.394. The quantitative estimate of drug-likeness (QED) is 0.671. The fourth-order valence-electron chi connectivity index (χ4n) is 1.37. The minimum Gasteiger partial charge on any atom is -0.288 e. The van der Waals surface area contributed by atoms with Gasteiger partial charge in [-0.05, 0) is 28.7 Å². The van der Waals surface area contributed by atoms with Crippen LogP contribution in [0.2, 0.25) is 0 Å². The van der Waals surface area contributed by atoms with Crippen LogP contribution in [0.1, 0.15) is 20.7 Å². The van der Waals surface area contributed by atoms with Crippen LogP contribution in [0.4, 0.5) is 0 Å². The number of allylic oxidation sites excluding steroid dienone is 2. The first-order chi connectivity index (χ1) is 7.04. The average molecular weight is 353 g/mol. The van der Waals surface area contributed by atoms with Crippen LogP contribution in [-0.4, -0.2) is 11.6 Å². The number of ketones is 2. The highest BCUT2D eigenvalue weighted by Gasteiger charge is 2.31. The molecule has 1 aliphatic carbocycles. The predicted octanol–water partition coefficient (Wildman–Crippen LogP) is 3.36. The van der Waals surface area contributed by atoms with Crippen LogP contribution in [0.5, 0.6) is 0 Å². The molecule has 1 aromatic rings. The molecule has 2 rings (SSSR count). The Kier molecular flexibility index (Phi) is 2.87. The van der Waals surface area contributed by atoms with Crippen LogP contribution >= 0.6 is 45.8 Å². The van der Waals surface area contributed by atoms with Crippen LogP contribution in [0, 0.1) is 3.57 Å². The van der Waals surface area contributed by atoms with E-state index in [4.69, 9.17) is 23.2 Å². The molecule has 0 saturated carbocycles. The number of carbonyl (C=O) groups is 2. The maximum Gasteiger partial charge on any atom is 0.207 e. The molecule has 1 aliphatic rings. The molecule has 76 valence electrons. The van der Waals surface area contributed by atoms with Crippen LogP contribution in [0.25, 0.3) is 0 Å². The van der Waals surface area contributed by atoms with Gasteiger partial charge in [0.2, 0.25) is 11.6 Å². The van der Waals surface area contributed by atoms with Crippen molar-refractivity contribution in [1.82, 2.24) is 0 Å². The zero-order valence-corrected chi connectivity index (χ0v) is 10.9. The molecule has 0 spiro atoms. The number of hydrogen-bond donors (Lipinski definition) is 0. The molecule has 0 aromatic heterocycles. The van der Waals surface area contributed by atoms with Crippen molar-refractivity contribution in [1.29, 1.82) is 0 Å². The Labute approximate surface area is 109 Å². The van der Waals surface area contributed by atoms with Crippen molar-refractivity contribution in [2.75, 3.05) is 0 Å². The summed E-state index contributed by atoms with van der Waals surface area (Å²) in [6.45, 7) is 0. The van der Waals surface area contributed by atoms with E-state index in [9.17, 15) is 9.59 Å². The monoisotopic (exact) mass is 352 g/mol. The summed E-state index contributed by atoms with van der Waals surface area (Å²) in [4.78, 5) is 23.5. The van der Waals surface area contributed by atoms with E-state index in [1.165, 1.54) is 0 Å². The largest absolute Gasteiger partial charge is 0.288 e. The van der Waals surface area contributed by atoms with Crippen molar-refractivity contribution in [3.8, 4) is 0 Å². The average Bonchev–Trinajstić information content (AvgIpc) is 2.23. The second-order valence-electron chi connectivity index (χ2n) is 2.95. The number of carbonyl (C=O) groups excluding carboxylic acids is 2. The second kappa shape index (κ2) is 3.88. The smallest absolute Gasteiger partial charge is 0.207 e. The molecule has 0 atom stereocenters. The van der Waals surface area contributed by atoms with Gasteiger partial charge >= 0.3 is 0 Å². The number of rotatable bonds is 0. The molecule has 15 heavy (non-hydrogen) atoms. The minimum absolute atomic E-state index is 0.196. The molecule has 0 fully saturated rings. The zero-order chi connectivity index (χ0) is 11.2. The number of Topliss-reactive ketones (excluding diaryl/α,β-unsaturated/α-hetero) is 2. The summed E-state index contributed by atoms with van der Waals surface area (Å²) in [7, 11) is 0. The maximum absolute atomic E-state index is 11.8. The molecule has 0 heterocycles. The van der Waals surface area contributed by atoms with Gasteiger partial charge in [0.1, 0.15) is 10.1 Å². The van der Waals surface area contributed by atoms with Crippen molar-refractivity contribution < 1.29 is 9.59 Å². The van der Waals surface area contributed by atoms with E-state index in [0.29, 0.717) is 14.7 Å². The van der Waals surface area contributed by atoms with E-state index < -0.39 is 5.78 Å². The molecule has 0 N–H and O–H groups in total. The summed E-state index contributed by atoms with van der Waals surface area (Å²) in [5.41, 5.74) is 0.666. The van der Waals surface area contributed by atoms with Gasteiger partial charge in [-0.3, -0.25) is 9.59 Å². The lowest BCUT2D eigenvalue weighted by Crippen LogP contribution is -2.18. The van der Waals surface area contributed by atoms with Gasteiger partial charge in [-0.15, -0.1) is 0 Å². The molecule has 0 saturated heterocycles. The van der Waals surface area contributed by atoms with E-state index in [-0.39, 0.29) is 15.8 Å². The first-order valence-electron chi connectivity index (χ1n) is 3.97. The van der Waals surface area contributed by atoms with Gasteiger partial charge in [-0.1, -0.05) is 35.3 Å². The summed E-state index contributed by atoms with van der Waals surface area (Å²) in [5.74, 6) is -0.781. The van der Waals surface area contributed by atoms with Crippen LogP contribution in [-0.2, 0) is 0 Å². The predicted molar refractivity (Wildman–Crippen MR) is 66.6 cm³/mol. The molecule has 2 nitrogen and oxygen atoms in total. The topological polar surface area (TPSA) is 34.1 Å². The third-order valence-corrected chi connectivity index (χ3v) is 3.79. The Morgan fingerprint density at radius 1 is 1.00 bits per heavy atom. The summed E-state index contributed by atoms with van der Waals surface area (Å²) in [6.07, 6.45) is 0. The first-order valence-corrected chi connectivity index (χ1v) is 5.80. The van der Waals surface area contributed by atoms with Crippen LogP contribution in [0.3, 0.4) is 0 Å². The number of hydrogen-bond acceptors (Lipinski definition) is 2. The van der Waals surface area contributed by atoms with Crippen molar-refractivity contribution in [3.63, 3.8) is 0 Å². The first kappa shape index (κ1) is 11.1. The standard InChI is InChI=1S/C10H3Cl2IO2/c11-7-8(12)10(15)6-4(9(7)14)2-1-3-5(6)13/h1-3H. The molecule has 5 heteroatoms. The van der Waals surface area contributed by atoms with Crippen molar-refractivity contribution in [3.05, 3.63) is 43.0 Å². The van der Waals surface area contributed by atoms with Gasteiger partial charge in [0, 0.05) is 14.7 Å². The van der Waals surface area contributed by atoms with Crippen molar-refractivity contribution in [2.45, 2.75) is 0 Å². The lowest BCUT2D eigenvalue weighted by Gasteiger charge is -2.14. The maximum atomic E-state index is 11.8. The Morgan fingerprint density at radius 3 is 2.27 bits per heavy atom.